The van der Waals surface area contributed by atoms with Gasteiger partial charge in [-0.3, -0.25) is 14.3 Å². The Balaban J connectivity index is 2.71. The van der Waals surface area contributed by atoms with Crippen molar-refractivity contribution in [2.75, 3.05) is 6.61 Å². The third-order valence-electron chi connectivity index (χ3n) is 3.03. The maximum absolute atomic E-state index is 11.9. The van der Waals surface area contributed by atoms with Crippen molar-refractivity contribution in [1.82, 2.24) is 14.5 Å². The molecule has 0 unspecified atom stereocenters. The minimum absolute atomic E-state index is 0.0706. The summed E-state index contributed by atoms with van der Waals surface area (Å²) in [6, 6.07) is 1.40. The first kappa shape index (κ1) is 14.7. The minimum Gasteiger partial charge on any atom is -0.458 e. The van der Waals surface area contributed by atoms with Crippen LogP contribution in [0, 0.1) is 6.92 Å². The van der Waals surface area contributed by atoms with Crippen LogP contribution in [-0.4, -0.2) is 27.1 Å². The molecule has 0 aliphatic rings. The number of fused-ring (bicyclic) bond motifs is 1. The number of aromatic amines is 1. The lowest BCUT2D eigenvalue weighted by molar-refractivity contribution is 0.0548. The molecule has 7 nitrogen and oxygen atoms in total. The normalized spacial score (nSPS) is 10.6. The van der Waals surface area contributed by atoms with Crippen LogP contribution in [0.25, 0.3) is 11.0 Å². The first-order valence-corrected chi connectivity index (χ1v) is 6.42. The van der Waals surface area contributed by atoms with Gasteiger partial charge in [0.05, 0.1) is 16.6 Å². The van der Waals surface area contributed by atoms with E-state index < -0.39 is 17.2 Å². The Labute approximate surface area is 119 Å². The van der Waals surface area contributed by atoms with Crippen LogP contribution < -0.4 is 11.2 Å². The van der Waals surface area contributed by atoms with Gasteiger partial charge in [-0.15, -0.1) is 0 Å². The average molecular weight is 289 g/mol. The largest absolute Gasteiger partial charge is 0.458 e. The molecule has 0 aromatic carbocycles. The molecule has 2 aromatic rings. The molecule has 0 saturated heterocycles. The third-order valence-corrected chi connectivity index (χ3v) is 3.03. The van der Waals surface area contributed by atoms with E-state index in [0.717, 1.165) is 0 Å². The second-order valence-corrected chi connectivity index (χ2v) is 4.38. The molecule has 0 fully saturated rings. The van der Waals surface area contributed by atoms with E-state index in [1.165, 1.54) is 16.7 Å². The van der Waals surface area contributed by atoms with Gasteiger partial charge in [-0.1, -0.05) is 12.7 Å². The van der Waals surface area contributed by atoms with E-state index in [0.29, 0.717) is 12.2 Å². The lowest BCUT2D eigenvalue weighted by Gasteiger charge is -2.09. The number of hydrogen-bond acceptors (Lipinski definition) is 5. The maximum atomic E-state index is 11.9. The summed E-state index contributed by atoms with van der Waals surface area (Å²) in [5.41, 5.74) is -0.266. The van der Waals surface area contributed by atoms with Crippen molar-refractivity contribution in [3.8, 4) is 0 Å². The molecule has 0 aliphatic carbocycles. The number of H-pyrrole nitrogens is 1. The molecule has 2 aromatic heterocycles. The summed E-state index contributed by atoms with van der Waals surface area (Å²) in [7, 11) is 0. The minimum atomic E-state index is -0.588. The fourth-order valence-corrected chi connectivity index (χ4v) is 2.01. The van der Waals surface area contributed by atoms with Gasteiger partial charge in [0.15, 0.2) is 0 Å². The molecule has 110 valence electrons. The maximum Gasteiger partial charge on any atom is 0.340 e. The highest BCUT2D eigenvalue weighted by Crippen LogP contribution is 2.13. The molecule has 0 bridgehead atoms. The van der Waals surface area contributed by atoms with Crippen LogP contribution in [0.5, 0.6) is 0 Å². The molecule has 7 heteroatoms. The average Bonchev–Trinajstić information content (AvgIpc) is 2.44. The van der Waals surface area contributed by atoms with Gasteiger partial charge in [0.25, 0.3) is 5.56 Å². The SMILES string of the molecule is C=CCOC(=O)c1cc2c(=O)[nH]c(=O)n(CC)c2nc1C. The molecule has 0 atom stereocenters. The van der Waals surface area contributed by atoms with E-state index in [9.17, 15) is 14.4 Å². The van der Waals surface area contributed by atoms with Crippen molar-refractivity contribution in [3.63, 3.8) is 0 Å². The number of nitrogens with one attached hydrogen (secondary N) is 1. The van der Waals surface area contributed by atoms with E-state index in [-0.39, 0.29) is 23.2 Å². The quantitative estimate of drug-likeness (QED) is 0.662. The van der Waals surface area contributed by atoms with Crippen LogP contribution in [0.4, 0.5) is 0 Å². The van der Waals surface area contributed by atoms with Crippen molar-refractivity contribution in [1.29, 1.82) is 0 Å². The summed E-state index contributed by atoms with van der Waals surface area (Å²) in [5.74, 6) is -0.588. The number of carbonyl (C=O) groups is 1. The molecule has 21 heavy (non-hydrogen) atoms. The van der Waals surface area contributed by atoms with Crippen LogP contribution in [0.1, 0.15) is 23.0 Å². The summed E-state index contributed by atoms with van der Waals surface area (Å²) in [5, 5.41) is 0.174. The van der Waals surface area contributed by atoms with Crippen molar-refractivity contribution in [2.45, 2.75) is 20.4 Å². The predicted molar refractivity (Wildman–Crippen MR) is 77.5 cm³/mol. The highest BCUT2D eigenvalue weighted by Gasteiger charge is 2.16. The number of aromatic nitrogens is 3. The first-order chi connectivity index (χ1) is 9.99. The summed E-state index contributed by atoms with van der Waals surface area (Å²) >= 11 is 0. The molecule has 0 spiro atoms. The molecular formula is C14H15N3O4. The van der Waals surface area contributed by atoms with Gasteiger partial charge >= 0.3 is 11.7 Å². The summed E-state index contributed by atoms with van der Waals surface area (Å²) in [6.45, 7) is 7.28. The van der Waals surface area contributed by atoms with Crippen molar-refractivity contribution in [2.24, 2.45) is 0 Å². The topological polar surface area (TPSA) is 94.0 Å². The zero-order valence-electron chi connectivity index (χ0n) is 11.8. The predicted octanol–water partition coefficient (Wildman–Crippen LogP) is 0.756. The Morgan fingerprint density at radius 2 is 2.24 bits per heavy atom. The summed E-state index contributed by atoms with van der Waals surface area (Å²) in [4.78, 5) is 41.9. The number of esters is 1. The van der Waals surface area contributed by atoms with Crippen LogP contribution in [-0.2, 0) is 11.3 Å². The zero-order valence-corrected chi connectivity index (χ0v) is 11.8. The fraction of sp³-hybridized carbons (Fsp3) is 0.286. The van der Waals surface area contributed by atoms with E-state index in [2.05, 4.69) is 16.5 Å². The van der Waals surface area contributed by atoms with Crippen molar-refractivity contribution < 1.29 is 9.53 Å². The lowest BCUT2D eigenvalue weighted by Crippen LogP contribution is -2.31. The Kier molecular flexibility index (Phi) is 4.02. The highest BCUT2D eigenvalue weighted by atomic mass is 16.5. The van der Waals surface area contributed by atoms with Crippen molar-refractivity contribution in [3.05, 3.63) is 50.8 Å². The Morgan fingerprint density at radius 1 is 1.52 bits per heavy atom. The molecule has 0 amide bonds. The number of nitrogens with zero attached hydrogens (tertiary/aromatic N) is 2. The fourth-order valence-electron chi connectivity index (χ4n) is 2.01. The van der Waals surface area contributed by atoms with Gasteiger partial charge in [-0.2, -0.15) is 0 Å². The standard InChI is InChI=1S/C14H15N3O4/c1-4-6-21-13(19)9-7-10-11(15-8(9)3)17(5-2)14(20)16-12(10)18/h4,7H,1,5-6H2,2-3H3,(H,16,18,20). The molecular weight excluding hydrogens is 274 g/mol. The summed E-state index contributed by atoms with van der Waals surface area (Å²) in [6.07, 6.45) is 1.45. The van der Waals surface area contributed by atoms with Gasteiger partial charge in [0, 0.05) is 6.54 Å². The molecule has 2 heterocycles. The lowest BCUT2D eigenvalue weighted by atomic mass is 10.1. The molecule has 0 saturated carbocycles. The Bertz CT molecular complexity index is 832. The van der Waals surface area contributed by atoms with Crippen molar-refractivity contribution >= 4 is 17.0 Å². The van der Waals surface area contributed by atoms with E-state index in [4.69, 9.17) is 4.74 Å². The van der Waals surface area contributed by atoms with E-state index in [1.807, 2.05) is 0 Å². The Morgan fingerprint density at radius 3 is 2.86 bits per heavy atom. The molecule has 0 radical (unpaired) electrons. The highest BCUT2D eigenvalue weighted by molar-refractivity contribution is 5.94. The zero-order chi connectivity index (χ0) is 15.6. The van der Waals surface area contributed by atoms with Gasteiger partial charge in [-0.05, 0) is 19.9 Å². The molecule has 0 aliphatic heterocycles. The number of aryl methyl sites for hydroxylation is 2. The van der Waals surface area contributed by atoms with Crippen LogP contribution in [0.3, 0.4) is 0 Å². The second-order valence-electron chi connectivity index (χ2n) is 4.38. The van der Waals surface area contributed by atoms with Crippen LogP contribution in [0.15, 0.2) is 28.3 Å². The van der Waals surface area contributed by atoms with Crippen LogP contribution >= 0.6 is 0 Å². The number of hydrogen-bond donors (Lipinski definition) is 1. The monoisotopic (exact) mass is 289 g/mol. The second kappa shape index (κ2) is 5.74. The number of ether oxygens (including phenoxy) is 1. The smallest absolute Gasteiger partial charge is 0.340 e. The van der Waals surface area contributed by atoms with E-state index in [1.54, 1.807) is 13.8 Å². The number of carbonyl (C=O) groups excluding carboxylic acids is 1. The molecule has 2 rings (SSSR count). The number of pyridine rings is 1. The van der Waals surface area contributed by atoms with Gasteiger partial charge in [0.1, 0.15) is 12.3 Å². The Hall–Kier alpha value is -2.70. The van der Waals surface area contributed by atoms with Gasteiger partial charge in [-0.25, -0.2) is 14.6 Å². The van der Waals surface area contributed by atoms with Gasteiger partial charge < -0.3 is 4.74 Å². The third kappa shape index (κ3) is 2.62. The summed E-state index contributed by atoms with van der Waals surface area (Å²) < 4.78 is 6.29. The van der Waals surface area contributed by atoms with Gasteiger partial charge in [0.2, 0.25) is 0 Å². The van der Waals surface area contributed by atoms with E-state index >= 15 is 0 Å². The number of rotatable bonds is 4. The molecule has 1 N–H and O–H groups in total. The van der Waals surface area contributed by atoms with Crippen LogP contribution in [0.2, 0.25) is 0 Å². The first-order valence-electron chi connectivity index (χ1n) is 6.42.